The number of carboxylic acid groups (broad SMARTS) is 1. The molecule has 0 spiro atoms. The Morgan fingerprint density at radius 2 is 2.25 bits per heavy atom. The molecule has 1 amide bonds. The van der Waals surface area contributed by atoms with Crippen LogP contribution in [-0.4, -0.2) is 48.1 Å². The zero-order chi connectivity index (χ0) is 18.0. The summed E-state index contributed by atoms with van der Waals surface area (Å²) in [5.41, 5.74) is -0.324. The SMILES string of the molecule is CC1(C)CC(CCCNc2cc(S(N)(=O)=O)ccn2)CN1C(=O)O. The molecule has 0 radical (unpaired) electrons. The Hall–Kier alpha value is -1.87. The molecule has 1 saturated heterocycles. The topological polar surface area (TPSA) is 126 Å². The summed E-state index contributed by atoms with van der Waals surface area (Å²) in [6, 6.07) is 2.75. The lowest BCUT2D eigenvalue weighted by molar-refractivity contribution is 0.117. The summed E-state index contributed by atoms with van der Waals surface area (Å²) in [7, 11) is -3.74. The van der Waals surface area contributed by atoms with Crippen molar-refractivity contribution in [1.29, 1.82) is 0 Å². The lowest BCUT2D eigenvalue weighted by Crippen LogP contribution is -2.41. The van der Waals surface area contributed by atoms with Gasteiger partial charge in [-0.05, 0) is 45.1 Å². The molecule has 1 unspecified atom stereocenters. The predicted octanol–water partition coefficient (Wildman–Crippen LogP) is 1.70. The molecular formula is C15H24N4O4S. The zero-order valence-electron chi connectivity index (χ0n) is 13.9. The van der Waals surface area contributed by atoms with Gasteiger partial charge in [0.25, 0.3) is 0 Å². The normalized spacial score (nSPS) is 20.1. The number of nitrogens with two attached hydrogens (primary N) is 1. The molecule has 8 nitrogen and oxygen atoms in total. The van der Waals surface area contributed by atoms with Crippen molar-refractivity contribution in [1.82, 2.24) is 9.88 Å². The molecule has 1 aromatic heterocycles. The van der Waals surface area contributed by atoms with E-state index in [1.165, 1.54) is 23.2 Å². The first-order valence-electron chi connectivity index (χ1n) is 7.83. The molecule has 1 aliphatic heterocycles. The van der Waals surface area contributed by atoms with Crippen molar-refractivity contribution in [3.8, 4) is 0 Å². The van der Waals surface area contributed by atoms with Crippen LogP contribution in [0.3, 0.4) is 0 Å². The van der Waals surface area contributed by atoms with Crippen molar-refractivity contribution in [2.24, 2.45) is 11.1 Å². The zero-order valence-corrected chi connectivity index (χ0v) is 14.7. The highest BCUT2D eigenvalue weighted by Gasteiger charge is 2.40. The summed E-state index contributed by atoms with van der Waals surface area (Å²) in [4.78, 5) is 16.8. The number of pyridine rings is 1. The fourth-order valence-corrected chi connectivity index (χ4v) is 3.74. The number of nitrogens with zero attached hydrogens (tertiary/aromatic N) is 2. The second-order valence-electron chi connectivity index (χ2n) is 6.77. The molecule has 2 heterocycles. The number of anilines is 1. The van der Waals surface area contributed by atoms with Crippen LogP contribution >= 0.6 is 0 Å². The Bertz CT molecular complexity index is 705. The average molecular weight is 356 g/mol. The maximum Gasteiger partial charge on any atom is 0.407 e. The molecule has 0 saturated carbocycles. The minimum atomic E-state index is -3.74. The van der Waals surface area contributed by atoms with Crippen LogP contribution in [-0.2, 0) is 10.0 Å². The summed E-state index contributed by atoms with van der Waals surface area (Å²) in [6.45, 7) is 5.08. The third kappa shape index (κ3) is 4.57. The minimum absolute atomic E-state index is 0.0228. The molecule has 1 aromatic rings. The summed E-state index contributed by atoms with van der Waals surface area (Å²) in [6.07, 6.45) is 3.11. The van der Waals surface area contributed by atoms with Crippen LogP contribution in [0.15, 0.2) is 23.2 Å². The van der Waals surface area contributed by atoms with Crippen molar-refractivity contribution in [3.05, 3.63) is 18.3 Å². The third-order valence-electron chi connectivity index (χ3n) is 4.35. The number of likely N-dealkylation sites (tertiary alicyclic amines) is 1. The Balaban J connectivity index is 1.81. The number of amides is 1. The molecule has 0 aliphatic carbocycles. The van der Waals surface area contributed by atoms with E-state index < -0.39 is 16.1 Å². The maximum absolute atomic E-state index is 11.3. The van der Waals surface area contributed by atoms with Gasteiger partial charge in [-0.2, -0.15) is 0 Å². The van der Waals surface area contributed by atoms with E-state index >= 15 is 0 Å². The van der Waals surface area contributed by atoms with Gasteiger partial charge in [0.2, 0.25) is 10.0 Å². The molecule has 1 aliphatic rings. The Labute approximate surface area is 142 Å². The molecule has 0 bridgehead atoms. The van der Waals surface area contributed by atoms with Gasteiger partial charge in [0, 0.05) is 30.9 Å². The first kappa shape index (κ1) is 18.5. The van der Waals surface area contributed by atoms with Gasteiger partial charge in [0.05, 0.1) is 4.90 Å². The molecule has 1 atom stereocenters. The van der Waals surface area contributed by atoms with E-state index in [9.17, 15) is 18.3 Å². The predicted molar refractivity (Wildman–Crippen MR) is 90.3 cm³/mol. The molecule has 134 valence electrons. The lowest BCUT2D eigenvalue weighted by Gasteiger charge is -2.28. The molecule has 4 N–H and O–H groups in total. The summed E-state index contributed by atoms with van der Waals surface area (Å²) < 4.78 is 22.6. The van der Waals surface area contributed by atoms with Crippen molar-refractivity contribution in [2.45, 2.75) is 43.5 Å². The smallest absolute Gasteiger partial charge is 0.407 e. The molecule has 0 aromatic carbocycles. The summed E-state index contributed by atoms with van der Waals surface area (Å²) in [5.74, 6) is 0.794. The standard InChI is InChI=1S/C15H24N4O4S/c1-15(2)9-11(10-19(15)14(20)21)4-3-6-17-13-8-12(5-7-18-13)24(16,22)23/h5,7-8,11H,3-4,6,9-10H2,1-2H3,(H,17,18)(H,20,21)(H2,16,22,23). The van der Waals surface area contributed by atoms with Crippen LogP contribution in [0.5, 0.6) is 0 Å². The number of aromatic nitrogens is 1. The van der Waals surface area contributed by atoms with E-state index in [-0.39, 0.29) is 10.4 Å². The lowest BCUT2D eigenvalue weighted by atomic mass is 9.93. The summed E-state index contributed by atoms with van der Waals surface area (Å²) in [5, 5.41) is 17.4. The molecule has 2 rings (SSSR count). The number of nitrogens with one attached hydrogen (secondary N) is 1. The maximum atomic E-state index is 11.3. The van der Waals surface area contributed by atoms with Crippen molar-refractivity contribution < 1.29 is 18.3 Å². The van der Waals surface area contributed by atoms with E-state index in [2.05, 4.69) is 10.3 Å². The van der Waals surface area contributed by atoms with Crippen LogP contribution in [0.1, 0.15) is 33.1 Å². The number of hydrogen-bond acceptors (Lipinski definition) is 5. The first-order valence-corrected chi connectivity index (χ1v) is 9.37. The van der Waals surface area contributed by atoms with E-state index in [4.69, 9.17) is 5.14 Å². The Morgan fingerprint density at radius 3 is 2.83 bits per heavy atom. The van der Waals surface area contributed by atoms with Gasteiger partial charge in [-0.1, -0.05) is 0 Å². The number of primary sulfonamides is 1. The molecule has 24 heavy (non-hydrogen) atoms. The number of sulfonamides is 1. The van der Waals surface area contributed by atoms with Crippen molar-refractivity contribution in [3.63, 3.8) is 0 Å². The highest BCUT2D eigenvalue weighted by atomic mass is 32.2. The molecule has 1 fully saturated rings. The van der Waals surface area contributed by atoms with Gasteiger partial charge in [0.1, 0.15) is 5.82 Å². The molecule has 9 heteroatoms. The van der Waals surface area contributed by atoms with Crippen molar-refractivity contribution >= 4 is 21.9 Å². The van der Waals surface area contributed by atoms with E-state index in [0.717, 1.165) is 19.3 Å². The van der Waals surface area contributed by atoms with Crippen LogP contribution in [0.2, 0.25) is 0 Å². The number of rotatable bonds is 6. The largest absolute Gasteiger partial charge is 0.465 e. The second-order valence-corrected chi connectivity index (χ2v) is 8.33. The third-order valence-corrected chi connectivity index (χ3v) is 5.26. The minimum Gasteiger partial charge on any atom is -0.465 e. The highest BCUT2D eigenvalue weighted by molar-refractivity contribution is 7.89. The van der Waals surface area contributed by atoms with Gasteiger partial charge < -0.3 is 15.3 Å². The van der Waals surface area contributed by atoms with E-state index in [1.54, 1.807) is 0 Å². The van der Waals surface area contributed by atoms with Gasteiger partial charge >= 0.3 is 6.09 Å². The molecular weight excluding hydrogens is 332 g/mol. The van der Waals surface area contributed by atoms with Crippen LogP contribution in [0, 0.1) is 5.92 Å². The van der Waals surface area contributed by atoms with Gasteiger partial charge in [-0.3, -0.25) is 0 Å². The van der Waals surface area contributed by atoms with Crippen LogP contribution in [0.4, 0.5) is 10.6 Å². The van der Waals surface area contributed by atoms with Gasteiger partial charge in [-0.25, -0.2) is 23.3 Å². The number of carbonyl (C=O) groups is 1. The van der Waals surface area contributed by atoms with Crippen LogP contribution in [0.25, 0.3) is 0 Å². The first-order chi connectivity index (χ1) is 11.1. The highest BCUT2D eigenvalue weighted by Crippen LogP contribution is 2.34. The quantitative estimate of drug-likeness (QED) is 0.666. The fraction of sp³-hybridized carbons (Fsp3) is 0.600. The Kier molecular flexibility index (Phi) is 5.34. The fourth-order valence-electron chi connectivity index (χ4n) is 3.21. The van der Waals surface area contributed by atoms with Gasteiger partial charge in [-0.15, -0.1) is 0 Å². The second kappa shape index (κ2) is 6.94. The summed E-state index contributed by atoms with van der Waals surface area (Å²) >= 11 is 0. The Morgan fingerprint density at radius 1 is 1.54 bits per heavy atom. The van der Waals surface area contributed by atoms with E-state index in [0.29, 0.717) is 24.8 Å². The van der Waals surface area contributed by atoms with Crippen molar-refractivity contribution in [2.75, 3.05) is 18.4 Å². The average Bonchev–Trinajstić information content (AvgIpc) is 2.78. The number of hydrogen-bond donors (Lipinski definition) is 3. The monoisotopic (exact) mass is 356 g/mol. The van der Waals surface area contributed by atoms with Crippen LogP contribution < -0.4 is 10.5 Å². The van der Waals surface area contributed by atoms with E-state index in [1.807, 2.05) is 13.8 Å². The van der Waals surface area contributed by atoms with Gasteiger partial charge in [0.15, 0.2) is 0 Å².